The van der Waals surface area contributed by atoms with Gasteiger partial charge in [0.15, 0.2) is 0 Å². The molecule has 1 aromatic heterocycles. The summed E-state index contributed by atoms with van der Waals surface area (Å²) in [6.45, 7) is 0. The lowest BCUT2D eigenvalue weighted by Gasteiger charge is -2.30. The molecule has 5 heteroatoms. The highest BCUT2D eigenvalue weighted by molar-refractivity contribution is 5.76. The average molecular weight is 317 g/mol. The van der Waals surface area contributed by atoms with Crippen molar-refractivity contribution in [3.05, 3.63) is 18.6 Å². The number of hydrogen-bond acceptors (Lipinski definition) is 4. The minimum atomic E-state index is 0.193. The van der Waals surface area contributed by atoms with Crippen molar-refractivity contribution in [1.29, 1.82) is 0 Å². The number of ether oxygens (including phenoxy) is 1. The van der Waals surface area contributed by atoms with Crippen molar-refractivity contribution in [2.24, 2.45) is 5.92 Å². The fraction of sp³-hybridized carbons (Fsp3) is 0.722. The maximum atomic E-state index is 12.2. The summed E-state index contributed by atoms with van der Waals surface area (Å²) in [5, 5.41) is 3.23. The van der Waals surface area contributed by atoms with Crippen LogP contribution in [-0.4, -0.2) is 28.0 Å². The van der Waals surface area contributed by atoms with Crippen LogP contribution in [0.5, 0.6) is 5.88 Å². The molecule has 0 aliphatic heterocycles. The van der Waals surface area contributed by atoms with Gasteiger partial charge in [-0.3, -0.25) is 9.78 Å². The monoisotopic (exact) mass is 317 g/mol. The van der Waals surface area contributed by atoms with E-state index in [1.807, 2.05) is 0 Å². The highest BCUT2D eigenvalue weighted by Gasteiger charge is 2.25. The topological polar surface area (TPSA) is 64.1 Å². The molecule has 1 amide bonds. The van der Waals surface area contributed by atoms with Crippen LogP contribution >= 0.6 is 0 Å². The molecule has 0 radical (unpaired) electrons. The summed E-state index contributed by atoms with van der Waals surface area (Å²) in [6, 6.07) is 0.313. The second-order valence-corrected chi connectivity index (χ2v) is 6.91. The summed E-state index contributed by atoms with van der Waals surface area (Å²) in [4.78, 5) is 20.4. The maximum absolute atomic E-state index is 12.2. The molecule has 1 aromatic rings. The van der Waals surface area contributed by atoms with Crippen molar-refractivity contribution >= 4 is 5.91 Å². The first-order chi connectivity index (χ1) is 11.3. The van der Waals surface area contributed by atoms with Crippen molar-refractivity contribution in [2.45, 2.75) is 76.4 Å². The number of hydrogen-bond donors (Lipinski definition) is 1. The Morgan fingerprint density at radius 2 is 1.87 bits per heavy atom. The number of carbonyl (C=O) groups is 1. The van der Waals surface area contributed by atoms with Crippen molar-refractivity contribution in [2.75, 3.05) is 0 Å². The molecule has 23 heavy (non-hydrogen) atoms. The Bertz CT molecular complexity index is 480. The molecule has 2 saturated carbocycles. The van der Waals surface area contributed by atoms with Gasteiger partial charge in [-0.05, 0) is 44.4 Å². The summed E-state index contributed by atoms with van der Waals surface area (Å²) in [6.07, 6.45) is 16.1. The minimum Gasteiger partial charge on any atom is -0.473 e. The van der Waals surface area contributed by atoms with Gasteiger partial charge in [-0.1, -0.05) is 19.3 Å². The summed E-state index contributed by atoms with van der Waals surface area (Å²) < 4.78 is 5.84. The smallest absolute Gasteiger partial charge is 0.232 e. The van der Waals surface area contributed by atoms with E-state index in [9.17, 15) is 4.79 Å². The summed E-state index contributed by atoms with van der Waals surface area (Å²) in [5.41, 5.74) is 0. The number of amides is 1. The molecule has 0 unspecified atom stereocenters. The van der Waals surface area contributed by atoms with E-state index in [0.717, 1.165) is 32.1 Å². The lowest BCUT2D eigenvalue weighted by molar-refractivity contribution is -0.123. The average Bonchev–Trinajstić information content (AvgIpc) is 2.58. The van der Waals surface area contributed by atoms with Crippen LogP contribution in [0.2, 0.25) is 0 Å². The van der Waals surface area contributed by atoms with Gasteiger partial charge in [0.1, 0.15) is 6.10 Å². The third-order valence-electron chi connectivity index (χ3n) is 5.07. The zero-order valence-corrected chi connectivity index (χ0v) is 13.7. The van der Waals surface area contributed by atoms with Crippen LogP contribution in [0.1, 0.15) is 64.2 Å². The predicted molar refractivity (Wildman–Crippen MR) is 88.0 cm³/mol. The fourth-order valence-electron chi connectivity index (χ4n) is 3.78. The fourth-order valence-corrected chi connectivity index (χ4v) is 3.78. The standard InChI is InChI=1S/C18H27N3O2/c22-17(12-14-4-2-1-3-5-14)21-15-6-8-16(9-7-15)23-18-13-19-10-11-20-18/h10-11,13-16H,1-9,12H2,(H,21,22). The van der Waals surface area contributed by atoms with E-state index in [1.54, 1.807) is 18.6 Å². The third kappa shape index (κ3) is 5.19. The second kappa shape index (κ2) is 8.27. The third-order valence-corrected chi connectivity index (χ3v) is 5.07. The molecule has 3 rings (SSSR count). The second-order valence-electron chi connectivity index (χ2n) is 6.91. The van der Waals surface area contributed by atoms with Crippen LogP contribution < -0.4 is 10.1 Å². The molecular weight excluding hydrogens is 290 g/mol. The Labute approximate surface area is 138 Å². The van der Waals surface area contributed by atoms with Gasteiger partial charge < -0.3 is 10.1 Å². The number of aromatic nitrogens is 2. The zero-order valence-electron chi connectivity index (χ0n) is 13.7. The van der Waals surface area contributed by atoms with E-state index in [1.165, 1.54) is 32.1 Å². The first-order valence-corrected chi connectivity index (χ1v) is 9.01. The van der Waals surface area contributed by atoms with Gasteiger partial charge in [0, 0.05) is 24.9 Å². The molecular formula is C18H27N3O2. The largest absolute Gasteiger partial charge is 0.473 e. The molecule has 1 N–H and O–H groups in total. The highest BCUT2D eigenvalue weighted by Crippen LogP contribution is 2.27. The van der Waals surface area contributed by atoms with Crippen LogP contribution in [0.15, 0.2) is 18.6 Å². The highest BCUT2D eigenvalue weighted by atomic mass is 16.5. The molecule has 2 aliphatic rings. The number of rotatable bonds is 5. The predicted octanol–water partition coefficient (Wildman–Crippen LogP) is 3.25. The lowest BCUT2D eigenvalue weighted by Crippen LogP contribution is -2.40. The van der Waals surface area contributed by atoms with E-state index in [2.05, 4.69) is 15.3 Å². The van der Waals surface area contributed by atoms with Gasteiger partial charge in [-0.15, -0.1) is 0 Å². The number of nitrogens with one attached hydrogen (secondary N) is 1. The minimum absolute atomic E-state index is 0.193. The quantitative estimate of drug-likeness (QED) is 0.905. The Hall–Kier alpha value is -1.65. The molecule has 1 heterocycles. The first kappa shape index (κ1) is 16.2. The normalized spacial score (nSPS) is 25.7. The van der Waals surface area contributed by atoms with Crippen LogP contribution in [0, 0.1) is 5.92 Å². The molecule has 5 nitrogen and oxygen atoms in total. The van der Waals surface area contributed by atoms with E-state index in [0.29, 0.717) is 17.8 Å². The van der Waals surface area contributed by atoms with Crippen molar-refractivity contribution in [1.82, 2.24) is 15.3 Å². The van der Waals surface area contributed by atoms with Crippen LogP contribution in [0.25, 0.3) is 0 Å². The van der Waals surface area contributed by atoms with Gasteiger partial charge >= 0.3 is 0 Å². The van der Waals surface area contributed by atoms with Crippen LogP contribution in [0.4, 0.5) is 0 Å². The Morgan fingerprint density at radius 1 is 1.09 bits per heavy atom. The van der Waals surface area contributed by atoms with E-state index < -0.39 is 0 Å². The number of carbonyl (C=O) groups excluding carboxylic acids is 1. The number of nitrogens with zero attached hydrogens (tertiary/aromatic N) is 2. The van der Waals surface area contributed by atoms with Gasteiger partial charge in [-0.2, -0.15) is 0 Å². The summed E-state index contributed by atoms with van der Waals surface area (Å²) in [7, 11) is 0. The Morgan fingerprint density at radius 3 is 2.57 bits per heavy atom. The van der Waals surface area contributed by atoms with Gasteiger partial charge in [-0.25, -0.2) is 4.98 Å². The Balaban J connectivity index is 1.36. The molecule has 2 fully saturated rings. The molecule has 0 bridgehead atoms. The van der Waals surface area contributed by atoms with Crippen molar-refractivity contribution in [3.8, 4) is 5.88 Å². The maximum Gasteiger partial charge on any atom is 0.232 e. The molecule has 126 valence electrons. The molecule has 0 aromatic carbocycles. The molecule has 0 saturated heterocycles. The molecule has 2 aliphatic carbocycles. The Kier molecular flexibility index (Phi) is 5.83. The van der Waals surface area contributed by atoms with Crippen LogP contribution in [0.3, 0.4) is 0 Å². The lowest BCUT2D eigenvalue weighted by atomic mass is 9.86. The van der Waals surface area contributed by atoms with Gasteiger partial charge in [0.2, 0.25) is 11.8 Å². The van der Waals surface area contributed by atoms with E-state index in [-0.39, 0.29) is 12.0 Å². The SMILES string of the molecule is O=C(CC1CCCCC1)NC1CCC(Oc2cnccn2)CC1. The van der Waals surface area contributed by atoms with E-state index >= 15 is 0 Å². The molecule has 0 spiro atoms. The van der Waals surface area contributed by atoms with Gasteiger partial charge in [0.25, 0.3) is 0 Å². The summed E-state index contributed by atoms with van der Waals surface area (Å²) in [5.74, 6) is 1.45. The van der Waals surface area contributed by atoms with Crippen molar-refractivity contribution < 1.29 is 9.53 Å². The van der Waals surface area contributed by atoms with Crippen LogP contribution in [-0.2, 0) is 4.79 Å². The molecule has 0 atom stereocenters. The summed E-state index contributed by atoms with van der Waals surface area (Å²) >= 11 is 0. The van der Waals surface area contributed by atoms with Crippen molar-refractivity contribution in [3.63, 3.8) is 0 Å². The zero-order chi connectivity index (χ0) is 15.9. The van der Waals surface area contributed by atoms with Gasteiger partial charge in [0.05, 0.1) is 6.20 Å². The van der Waals surface area contributed by atoms with E-state index in [4.69, 9.17) is 4.74 Å². The first-order valence-electron chi connectivity index (χ1n) is 9.01.